The molecule has 0 bridgehead atoms. The number of hydrogen-bond acceptors (Lipinski definition) is 7. The van der Waals surface area contributed by atoms with E-state index >= 15 is 0 Å². The van der Waals surface area contributed by atoms with E-state index in [9.17, 15) is 18.0 Å². The van der Waals surface area contributed by atoms with Gasteiger partial charge < -0.3 is 14.8 Å². The maximum atomic E-state index is 13.1. The van der Waals surface area contributed by atoms with Crippen molar-refractivity contribution in [2.75, 3.05) is 29.5 Å². The van der Waals surface area contributed by atoms with Crippen LogP contribution in [-0.4, -0.2) is 46.3 Å². The summed E-state index contributed by atoms with van der Waals surface area (Å²) < 4.78 is 36.5. The molecule has 0 radical (unpaired) electrons. The first-order valence-corrected chi connectivity index (χ1v) is 12.7. The Hall–Kier alpha value is -2.30. The summed E-state index contributed by atoms with van der Waals surface area (Å²) in [5.74, 6) is -0.810. The van der Waals surface area contributed by atoms with Gasteiger partial charge in [0.2, 0.25) is 10.0 Å². The number of nitrogens with one attached hydrogen (secondary N) is 1. The smallest absolute Gasteiger partial charge is 0.341 e. The van der Waals surface area contributed by atoms with E-state index in [1.54, 1.807) is 6.07 Å². The highest BCUT2D eigenvalue weighted by molar-refractivity contribution is 7.92. The van der Waals surface area contributed by atoms with Crippen LogP contribution >= 0.6 is 22.9 Å². The van der Waals surface area contributed by atoms with E-state index < -0.39 is 28.0 Å². The van der Waals surface area contributed by atoms with Gasteiger partial charge in [-0.2, -0.15) is 0 Å². The molecule has 0 unspecified atom stereocenters. The van der Waals surface area contributed by atoms with Crippen LogP contribution in [0.1, 0.15) is 33.6 Å². The first kappa shape index (κ1) is 21.9. The van der Waals surface area contributed by atoms with Crippen LogP contribution in [0.3, 0.4) is 0 Å². The summed E-state index contributed by atoms with van der Waals surface area (Å²) in [6.07, 6.45) is 3.54. The number of amides is 1. The third-order valence-corrected chi connectivity index (χ3v) is 7.87. The molecule has 0 spiro atoms. The number of rotatable bonds is 4. The Morgan fingerprint density at radius 2 is 2.03 bits per heavy atom. The maximum Gasteiger partial charge on any atom is 0.341 e. The largest absolute Gasteiger partial charge is 0.476 e. The van der Waals surface area contributed by atoms with E-state index in [1.807, 2.05) is 0 Å². The SMILES string of the molecule is COC(=O)c1c(NC(=O)[C@@H]2CN(S(C)(=O)=O)c3cc(Cl)ccc3O2)sc2c1CCCC2. The minimum Gasteiger partial charge on any atom is -0.476 e. The Balaban J connectivity index is 1.65. The predicted molar refractivity (Wildman–Crippen MR) is 119 cm³/mol. The summed E-state index contributed by atoms with van der Waals surface area (Å²) >= 11 is 7.36. The minimum absolute atomic E-state index is 0.212. The number of carbonyl (C=O) groups excluding carboxylic acids is 2. The molecule has 1 aromatic heterocycles. The Morgan fingerprint density at radius 1 is 1.29 bits per heavy atom. The molecular formula is C20H21ClN2O6S2. The monoisotopic (exact) mass is 484 g/mol. The van der Waals surface area contributed by atoms with Gasteiger partial charge in [-0.25, -0.2) is 13.2 Å². The number of thiophene rings is 1. The van der Waals surface area contributed by atoms with Gasteiger partial charge in [-0.1, -0.05) is 11.6 Å². The molecule has 2 heterocycles. The second-order valence-corrected chi connectivity index (χ2v) is 10.9. The zero-order chi connectivity index (χ0) is 22.3. The summed E-state index contributed by atoms with van der Waals surface area (Å²) in [6.45, 7) is -0.212. The fraction of sp³-hybridized carbons (Fsp3) is 0.400. The van der Waals surface area contributed by atoms with E-state index in [2.05, 4.69) is 5.32 Å². The van der Waals surface area contributed by atoms with E-state index in [1.165, 1.54) is 30.6 Å². The number of aryl methyl sites for hydroxylation is 1. The van der Waals surface area contributed by atoms with Crippen LogP contribution in [0.5, 0.6) is 5.75 Å². The number of anilines is 2. The molecule has 1 aromatic carbocycles. The highest BCUT2D eigenvalue weighted by Crippen LogP contribution is 2.40. The number of sulfonamides is 1. The molecule has 4 rings (SSSR count). The number of hydrogen-bond donors (Lipinski definition) is 1. The highest BCUT2D eigenvalue weighted by atomic mass is 35.5. The van der Waals surface area contributed by atoms with Gasteiger partial charge in [0.25, 0.3) is 5.91 Å². The van der Waals surface area contributed by atoms with Crippen molar-refractivity contribution in [2.24, 2.45) is 0 Å². The van der Waals surface area contributed by atoms with E-state index in [4.69, 9.17) is 21.1 Å². The van der Waals surface area contributed by atoms with Gasteiger partial charge in [-0.05, 0) is 49.4 Å². The lowest BCUT2D eigenvalue weighted by atomic mass is 9.95. The number of methoxy groups -OCH3 is 1. The molecule has 1 amide bonds. The number of benzene rings is 1. The van der Waals surface area contributed by atoms with Crippen molar-refractivity contribution in [1.82, 2.24) is 0 Å². The lowest BCUT2D eigenvalue weighted by Gasteiger charge is -2.34. The summed E-state index contributed by atoms with van der Waals surface area (Å²) in [6, 6.07) is 4.57. The Morgan fingerprint density at radius 3 is 2.74 bits per heavy atom. The van der Waals surface area contributed by atoms with E-state index in [0.29, 0.717) is 15.6 Å². The molecule has 8 nitrogen and oxygen atoms in total. The molecule has 31 heavy (non-hydrogen) atoms. The van der Waals surface area contributed by atoms with Gasteiger partial charge in [-0.15, -0.1) is 11.3 Å². The van der Waals surface area contributed by atoms with Crippen molar-refractivity contribution in [3.8, 4) is 5.75 Å². The number of nitrogens with zero attached hydrogens (tertiary/aromatic N) is 1. The molecule has 1 aliphatic heterocycles. The molecule has 0 fully saturated rings. The maximum absolute atomic E-state index is 13.1. The summed E-state index contributed by atoms with van der Waals surface area (Å²) in [7, 11) is -2.38. The van der Waals surface area contributed by atoms with E-state index in [-0.39, 0.29) is 18.0 Å². The van der Waals surface area contributed by atoms with Crippen LogP contribution in [0.15, 0.2) is 18.2 Å². The molecular weight excluding hydrogens is 464 g/mol. The van der Waals surface area contributed by atoms with Gasteiger partial charge in [0.15, 0.2) is 6.10 Å². The fourth-order valence-corrected chi connectivity index (χ4v) is 6.19. The van der Waals surface area contributed by atoms with Crippen molar-refractivity contribution in [3.05, 3.63) is 39.2 Å². The highest BCUT2D eigenvalue weighted by Gasteiger charge is 2.36. The van der Waals surface area contributed by atoms with Gasteiger partial charge in [-0.3, -0.25) is 9.10 Å². The third-order valence-electron chi connectivity index (χ3n) is 5.28. The Bertz CT molecular complexity index is 1160. The molecule has 0 saturated carbocycles. The second-order valence-electron chi connectivity index (χ2n) is 7.41. The number of carbonyl (C=O) groups is 2. The average Bonchev–Trinajstić information content (AvgIpc) is 3.09. The third kappa shape index (κ3) is 4.24. The van der Waals surface area contributed by atoms with Crippen molar-refractivity contribution in [3.63, 3.8) is 0 Å². The fourth-order valence-electron chi connectivity index (χ4n) is 3.84. The lowest BCUT2D eigenvalue weighted by Crippen LogP contribution is -2.48. The van der Waals surface area contributed by atoms with Gasteiger partial charge in [0.05, 0.1) is 31.2 Å². The molecule has 166 valence electrons. The zero-order valence-corrected chi connectivity index (χ0v) is 19.3. The lowest BCUT2D eigenvalue weighted by molar-refractivity contribution is -0.122. The van der Waals surface area contributed by atoms with Crippen LogP contribution in [0.4, 0.5) is 10.7 Å². The number of fused-ring (bicyclic) bond motifs is 2. The standard InChI is InChI=1S/C20H21ClN2O6S2/c1-28-20(25)17-12-5-3-4-6-16(12)30-19(17)22-18(24)15-10-23(31(2,26)27)13-9-11(21)7-8-14(13)29-15/h7-9,15H,3-6,10H2,1-2H3,(H,22,24)/t15-/m0/s1. The minimum atomic E-state index is -3.68. The first-order valence-electron chi connectivity index (χ1n) is 9.66. The van der Waals surface area contributed by atoms with Crippen LogP contribution in [-0.2, 0) is 32.4 Å². The molecule has 1 atom stereocenters. The Labute approximate surface area is 189 Å². The van der Waals surface area contributed by atoms with Crippen LogP contribution in [0.2, 0.25) is 5.02 Å². The van der Waals surface area contributed by atoms with E-state index in [0.717, 1.165) is 46.7 Å². The molecule has 2 aliphatic rings. The average molecular weight is 485 g/mol. The normalized spacial score (nSPS) is 17.9. The van der Waals surface area contributed by atoms with Crippen LogP contribution in [0.25, 0.3) is 0 Å². The van der Waals surface area contributed by atoms with Crippen molar-refractivity contribution in [1.29, 1.82) is 0 Å². The zero-order valence-electron chi connectivity index (χ0n) is 16.9. The van der Waals surface area contributed by atoms with Gasteiger partial charge in [0, 0.05) is 9.90 Å². The van der Waals surface area contributed by atoms with Gasteiger partial charge >= 0.3 is 5.97 Å². The predicted octanol–water partition coefficient (Wildman–Crippen LogP) is 3.23. The second kappa shape index (κ2) is 8.33. The number of esters is 1. The summed E-state index contributed by atoms with van der Waals surface area (Å²) in [5.41, 5.74) is 1.57. The summed E-state index contributed by atoms with van der Waals surface area (Å²) in [5, 5.41) is 3.53. The summed E-state index contributed by atoms with van der Waals surface area (Å²) in [4.78, 5) is 26.5. The first-order chi connectivity index (χ1) is 14.7. The molecule has 1 aliphatic carbocycles. The number of ether oxygens (including phenoxy) is 2. The Kier molecular flexibility index (Phi) is 5.89. The molecule has 1 N–H and O–H groups in total. The molecule has 0 saturated heterocycles. The quantitative estimate of drug-likeness (QED) is 0.668. The van der Waals surface area contributed by atoms with Crippen molar-refractivity contribution in [2.45, 2.75) is 31.8 Å². The van der Waals surface area contributed by atoms with Crippen LogP contribution < -0.4 is 14.4 Å². The van der Waals surface area contributed by atoms with Crippen molar-refractivity contribution < 1.29 is 27.5 Å². The molecule has 11 heteroatoms. The van der Waals surface area contributed by atoms with Gasteiger partial charge in [0.1, 0.15) is 10.8 Å². The topological polar surface area (TPSA) is 102 Å². The van der Waals surface area contributed by atoms with Crippen LogP contribution in [0, 0.1) is 0 Å². The number of halogens is 1. The van der Waals surface area contributed by atoms with Crippen molar-refractivity contribution >= 4 is 55.5 Å². The molecule has 2 aromatic rings.